The number of halogens is 5. The first kappa shape index (κ1) is 15.9. The lowest BCUT2D eigenvalue weighted by molar-refractivity contribution is 0.627. The first-order valence-corrected chi connectivity index (χ1v) is 7.23. The molecule has 0 aliphatic carbocycles. The average Bonchev–Trinajstić information content (AvgIpc) is 2.39. The minimum atomic E-state index is -0.417. The Balaban J connectivity index is 2.60. The standard InChI is InChI=1S/C14H10Cl4FN/c1-20-6-7-2-3-8(11(19)4-7)12-9(15)5-10(16)13(17)14(12)18/h2-5,20H,6H2,1H3. The molecule has 0 radical (unpaired) electrons. The molecule has 0 aromatic heterocycles. The molecule has 0 atom stereocenters. The number of nitrogens with one attached hydrogen (secondary N) is 1. The van der Waals surface area contributed by atoms with Crippen molar-refractivity contribution in [3.05, 3.63) is 55.7 Å². The van der Waals surface area contributed by atoms with Crippen LogP contribution in [0.25, 0.3) is 11.1 Å². The van der Waals surface area contributed by atoms with Crippen LogP contribution >= 0.6 is 46.4 Å². The van der Waals surface area contributed by atoms with Crippen LogP contribution in [0.15, 0.2) is 24.3 Å². The third kappa shape index (κ3) is 3.05. The van der Waals surface area contributed by atoms with Crippen LogP contribution < -0.4 is 5.32 Å². The average molecular weight is 353 g/mol. The lowest BCUT2D eigenvalue weighted by atomic mass is 10.0. The van der Waals surface area contributed by atoms with Crippen molar-refractivity contribution in [2.24, 2.45) is 0 Å². The van der Waals surface area contributed by atoms with E-state index in [4.69, 9.17) is 46.4 Å². The highest BCUT2D eigenvalue weighted by molar-refractivity contribution is 6.51. The summed E-state index contributed by atoms with van der Waals surface area (Å²) in [6, 6.07) is 6.30. The van der Waals surface area contributed by atoms with Crippen molar-refractivity contribution in [1.29, 1.82) is 0 Å². The second kappa shape index (κ2) is 6.50. The largest absolute Gasteiger partial charge is 0.316 e. The lowest BCUT2D eigenvalue weighted by Gasteiger charge is -2.12. The van der Waals surface area contributed by atoms with Gasteiger partial charge in [0.25, 0.3) is 0 Å². The Bertz CT molecular complexity index is 658. The van der Waals surface area contributed by atoms with Gasteiger partial charge in [-0.05, 0) is 24.7 Å². The number of hydrogen-bond acceptors (Lipinski definition) is 1. The monoisotopic (exact) mass is 351 g/mol. The minimum Gasteiger partial charge on any atom is -0.316 e. The first-order valence-electron chi connectivity index (χ1n) is 5.72. The minimum absolute atomic E-state index is 0.143. The van der Waals surface area contributed by atoms with Crippen LogP contribution in [0.5, 0.6) is 0 Å². The van der Waals surface area contributed by atoms with Crippen LogP contribution in [0.4, 0.5) is 4.39 Å². The zero-order valence-electron chi connectivity index (χ0n) is 10.4. The molecule has 106 valence electrons. The maximum atomic E-state index is 14.2. The summed E-state index contributed by atoms with van der Waals surface area (Å²) in [6.45, 7) is 0.569. The van der Waals surface area contributed by atoms with Crippen molar-refractivity contribution in [3.8, 4) is 11.1 Å². The molecular weight excluding hydrogens is 343 g/mol. The van der Waals surface area contributed by atoms with Crippen molar-refractivity contribution >= 4 is 46.4 Å². The van der Waals surface area contributed by atoms with Gasteiger partial charge < -0.3 is 5.32 Å². The molecule has 20 heavy (non-hydrogen) atoms. The Morgan fingerprint density at radius 2 is 1.70 bits per heavy atom. The topological polar surface area (TPSA) is 12.0 Å². The molecule has 0 fully saturated rings. The Kier molecular flexibility index (Phi) is 5.16. The van der Waals surface area contributed by atoms with Gasteiger partial charge in [0.05, 0.1) is 20.1 Å². The van der Waals surface area contributed by atoms with E-state index in [1.807, 2.05) is 0 Å². The molecule has 0 amide bonds. The summed E-state index contributed by atoms with van der Waals surface area (Å²) >= 11 is 24.1. The first-order chi connectivity index (χ1) is 9.45. The van der Waals surface area contributed by atoms with Crippen molar-refractivity contribution < 1.29 is 4.39 Å². The summed E-state index contributed by atoms with van der Waals surface area (Å²) in [7, 11) is 1.79. The van der Waals surface area contributed by atoms with E-state index in [9.17, 15) is 4.39 Å². The Labute approximate surface area is 136 Å². The van der Waals surface area contributed by atoms with Gasteiger partial charge in [-0.2, -0.15) is 0 Å². The van der Waals surface area contributed by atoms with Gasteiger partial charge in [0.15, 0.2) is 0 Å². The molecule has 0 unspecified atom stereocenters. The number of rotatable bonds is 3. The maximum absolute atomic E-state index is 14.2. The van der Waals surface area contributed by atoms with Crippen LogP contribution in [-0.4, -0.2) is 7.05 Å². The SMILES string of the molecule is CNCc1ccc(-c2c(Cl)cc(Cl)c(Cl)c2Cl)c(F)c1. The predicted molar refractivity (Wildman–Crippen MR) is 84.6 cm³/mol. The van der Waals surface area contributed by atoms with Crippen molar-refractivity contribution in [2.75, 3.05) is 7.05 Å². The summed E-state index contributed by atoms with van der Waals surface area (Å²) in [5.74, 6) is -0.417. The van der Waals surface area contributed by atoms with Gasteiger partial charge in [0.2, 0.25) is 0 Å². The molecule has 6 heteroatoms. The molecule has 2 aromatic rings. The molecule has 1 nitrogen and oxygen atoms in total. The highest BCUT2D eigenvalue weighted by atomic mass is 35.5. The Morgan fingerprint density at radius 1 is 1.00 bits per heavy atom. The normalized spacial score (nSPS) is 10.9. The number of hydrogen-bond donors (Lipinski definition) is 1. The summed E-state index contributed by atoms with van der Waals surface area (Å²) < 4.78 is 14.2. The molecular formula is C14H10Cl4FN. The fourth-order valence-corrected chi connectivity index (χ4v) is 3.00. The van der Waals surface area contributed by atoms with E-state index in [2.05, 4.69) is 5.32 Å². The second-order valence-corrected chi connectivity index (χ2v) is 5.76. The van der Waals surface area contributed by atoms with E-state index in [-0.39, 0.29) is 20.1 Å². The number of benzene rings is 2. The van der Waals surface area contributed by atoms with Crippen LogP contribution in [0.3, 0.4) is 0 Å². The van der Waals surface area contributed by atoms with Crippen molar-refractivity contribution in [2.45, 2.75) is 6.54 Å². The molecule has 0 saturated heterocycles. The Morgan fingerprint density at radius 3 is 2.30 bits per heavy atom. The van der Waals surface area contributed by atoms with Gasteiger partial charge in [-0.25, -0.2) is 4.39 Å². The molecule has 0 bridgehead atoms. The zero-order valence-corrected chi connectivity index (χ0v) is 13.4. The van der Waals surface area contributed by atoms with E-state index >= 15 is 0 Å². The smallest absolute Gasteiger partial charge is 0.131 e. The van der Waals surface area contributed by atoms with Gasteiger partial charge in [-0.3, -0.25) is 0 Å². The van der Waals surface area contributed by atoms with Gasteiger partial charge in [-0.1, -0.05) is 58.5 Å². The van der Waals surface area contributed by atoms with Crippen molar-refractivity contribution in [1.82, 2.24) is 5.32 Å². The lowest BCUT2D eigenvalue weighted by Crippen LogP contribution is -2.05. The third-order valence-corrected chi connectivity index (χ3v) is 4.36. The van der Waals surface area contributed by atoms with E-state index in [1.165, 1.54) is 12.1 Å². The van der Waals surface area contributed by atoms with E-state index in [1.54, 1.807) is 19.2 Å². The van der Waals surface area contributed by atoms with E-state index < -0.39 is 5.82 Å². The second-order valence-electron chi connectivity index (χ2n) is 4.19. The highest BCUT2D eigenvalue weighted by Crippen LogP contribution is 2.43. The van der Waals surface area contributed by atoms with Gasteiger partial charge in [-0.15, -0.1) is 0 Å². The van der Waals surface area contributed by atoms with E-state index in [0.717, 1.165) is 5.56 Å². The fraction of sp³-hybridized carbons (Fsp3) is 0.143. The predicted octanol–water partition coefficient (Wildman–Crippen LogP) is 5.83. The maximum Gasteiger partial charge on any atom is 0.131 e. The van der Waals surface area contributed by atoms with Crippen LogP contribution in [0, 0.1) is 5.82 Å². The molecule has 0 aliphatic heterocycles. The molecule has 0 heterocycles. The van der Waals surface area contributed by atoms with Gasteiger partial charge in [0.1, 0.15) is 5.82 Å². The van der Waals surface area contributed by atoms with Crippen LogP contribution in [0.2, 0.25) is 20.1 Å². The van der Waals surface area contributed by atoms with Gasteiger partial charge in [0, 0.05) is 17.7 Å². The van der Waals surface area contributed by atoms with E-state index in [0.29, 0.717) is 17.7 Å². The van der Waals surface area contributed by atoms with Gasteiger partial charge >= 0.3 is 0 Å². The molecule has 0 saturated carbocycles. The summed E-state index contributed by atoms with van der Waals surface area (Å²) in [6.07, 6.45) is 0. The molecule has 1 N–H and O–H groups in total. The van der Waals surface area contributed by atoms with Crippen LogP contribution in [0.1, 0.15) is 5.56 Å². The summed E-state index contributed by atoms with van der Waals surface area (Å²) in [4.78, 5) is 0. The summed E-state index contributed by atoms with van der Waals surface area (Å²) in [5, 5.41) is 3.74. The third-order valence-electron chi connectivity index (χ3n) is 2.80. The highest BCUT2D eigenvalue weighted by Gasteiger charge is 2.18. The molecule has 0 aliphatic rings. The van der Waals surface area contributed by atoms with Crippen molar-refractivity contribution in [3.63, 3.8) is 0 Å². The summed E-state index contributed by atoms with van der Waals surface area (Å²) in [5.41, 5.74) is 1.45. The molecule has 2 rings (SSSR count). The molecule has 2 aromatic carbocycles. The molecule has 0 spiro atoms. The quantitative estimate of drug-likeness (QED) is 0.541. The Hall–Kier alpha value is -0.510. The van der Waals surface area contributed by atoms with Crippen LogP contribution in [-0.2, 0) is 6.54 Å². The fourth-order valence-electron chi connectivity index (χ4n) is 1.89. The zero-order chi connectivity index (χ0) is 14.9.